The third-order valence-electron chi connectivity index (χ3n) is 6.09. The van der Waals surface area contributed by atoms with Crippen LogP contribution in [-0.2, 0) is 18.3 Å². The van der Waals surface area contributed by atoms with E-state index in [1.54, 1.807) is 0 Å². The number of benzene rings is 1. The quantitative estimate of drug-likeness (QED) is 0.686. The molecule has 5 rings (SSSR count). The van der Waals surface area contributed by atoms with Gasteiger partial charge in [0.1, 0.15) is 0 Å². The van der Waals surface area contributed by atoms with Crippen LogP contribution in [0.4, 0.5) is 5.69 Å². The largest absolute Gasteiger partial charge is 0.368 e. The molecular weight excluding hydrogens is 308 g/mol. The first-order valence-electron chi connectivity index (χ1n) is 9.44. The van der Waals surface area contributed by atoms with Gasteiger partial charge in [0, 0.05) is 34.6 Å². The van der Waals surface area contributed by atoms with Gasteiger partial charge in [-0.25, -0.2) is 0 Å². The highest BCUT2D eigenvalue weighted by Crippen LogP contribution is 2.45. The Hall–Kier alpha value is -2.23. The van der Waals surface area contributed by atoms with Crippen molar-refractivity contribution in [3.05, 3.63) is 35.0 Å². The van der Waals surface area contributed by atoms with E-state index in [9.17, 15) is 0 Å². The van der Waals surface area contributed by atoms with E-state index in [4.69, 9.17) is 0 Å². The summed E-state index contributed by atoms with van der Waals surface area (Å²) in [7, 11) is 0. The van der Waals surface area contributed by atoms with Crippen molar-refractivity contribution >= 4 is 16.6 Å². The van der Waals surface area contributed by atoms with E-state index in [1.807, 2.05) is 6.20 Å². The van der Waals surface area contributed by atoms with Crippen molar-refractivity contribution in [2.24, 2.45) is 0 Å². The number of nitrogens with zero attached hydrogens (tertiary/aromatic N) is 2. The summed E-state index contributed by atoms with van der Waals surface area (Å²) in [4.78, 5) is 6.28. The lowest BCUT2D eigenvalue weighted by Crippen LogP contribution is -2.33. The number of hydrogen-bond donors (Lipinski definition) is 2. The zero-order valence-corrected chi connectivity index (χ0v) is 15.5. The summed E-state index contributed by atoms with van der Waals surface area (Å²) in [5.41, 5.74) is 9.57. The van der Waals surface area contributed by atoms with Crippen molar-refractivity contribution in [3.8, 4) is 11.4 Å². The number of nitrogens with one attached hydrogen (secondary N) is 2. The Balaban J connectivity index is 1.78. The fourth-order valence-corrected chi connectivity index (χ4v) is 4.77. The molecule has 4 heteroatoms. The molecule has 3 heterocycles. The predicted molar refractivity (Wildman–Crippen MR) is 103 cm³/mol. The number of rotatable bonds is 1. The lowest BCUT2D eigenvalue weighted by atomic mass is 9.86. The fraction of sp³-hybridized carbons (Fsp3) is 0.476. The van der Waals surface area contributed by atoms with Gasteiger partial charge in [0.05, 0.1) is 17.6 Å². The summed E-state index contributed by atoms with van der Waals surface area (Å²) in [5.74, 6) is 0. The van der Waals surface area contributed by atoms with Gasteiger partial charge in [-0.3, -0.25) is 5.10 Å². The standard InChI is InChI=1S/C21H26N4/c1-12(2)25-11-21(3,4)16-9-17-15(8-18(16)25)14-7-5-6-13-10-22-24-19(13)20(14)23-17/h8-10,12,23H,5-7,11H2,1-4H3,(H,22,24). The molecule has 0 saturated heterocycles. The predicted octanol–water partition coefficient (Wildman–Crippen LogP) is 4.55. The highest BCUT2D eigenvalue weighted by Gasteiger charge is 2.37. The van der Waals surface area contributed by atoms with Crippen LogP contribution < -0.4 is 4.90 Å². The van der Waals surface area contributed by atoms with Crippen LogP contribution in [0, 0.1) is 0 Å². The average molecular weight is 334 g/mol. The minimum Gasteiger partial charge on any atom is -0.368 e. The molecule has 0 atom stereocenters. The van der Waals surface area contributed by atoms with Crippen LogP contribution in [0.5, 0.6) is 0 Å². The maximum Gasteiger partial charge on any atom is 0.0847 e. The van der Waals surface area contributed by atoms with Crippen molar-refractivity contribution in [2.45, 2.75) is 58.4 Å². The molecule has 0 spiro atoms. The van der Waals surface area contributed by atoms with E-state index in [2.05, 4.69) is 59.9 Å². The Morgan fingerprint density at radius 2 is 2.00 bits per heavy atom. The molecule has 0 unspecified atom stereocenters. The van der Waals surface area contributed by atoms with Gasteiger partial charge in [-0.1, -0.05) is 13.8 Å². The van der Waals surface area contributed by atoms with Gasteiger partial charge >= 0.3 is 0 Å². The minimum atomic E-state index is 0.190. The van der Waals surface area contributed by atoms with Crippen molar-refractivity contribution in [1.82, 2.24) is 15.2 Å². The highest BCUT2D eigenvalue weighted by molar-refractivity contribution is 5.95. The molecule has 1 aliphatic heterocycles. The molecule has 2 aromatic heterocycles. The van der Waals surface area contributed by atoms with Gasteiger partial charge < -0.3 is 9.88 Å². The highest BCUT2D eigenvalue weighted by atomic mass is 15.2. The molecule has 0 radical (unpaired) electrons. The SMILES string of the molecule is CC(C)N1CC(C)(C)c2cc3[nH]c4c(c3cc21)CCCc1cn[nH]c1-4. The molecule has 25 heavy (non-hydrogen) atoms. The van der Waals surface area contributed by atoms with Gasteiger partial charge in [0.25, 0.3) is 0 Å². The lowest BCUT2D eigenvalue weighted by molar-refractivity contribution is 0.532. The number of H-pyrrole nitrogens is 2. The number of anilines is 1. The Labute approximate surface area is 148 Å². The van der Waals surface area contributed by atoms with Crippen LogP contribution in [0.2, 0.25) is 0 Å². The van der Waals surface area contributed by atoms with E-state index in [-0.39, 0.29) is 5.41 Å². The summed E-state index contributed by atoms with van der Waals surface area (Å²) < 4.78 is 0. The molecule has 2 N–H and O–H groups in total. The smallest absolute Gasteiger partial charge is 0.0847 e. The van der Waals surface area contributed by atoms with Crippen LogP contribution in [-0.4, -0.2) is 27.8 Å². The van der Waals surface area contributed by atoms with Crippen LogP contribution in [0.25, 0.3) is 22.3 Å². The minimum absolute atomic E-state index is 0.190. The number of aromatic amines is 2. The Morgan fingerprint density at radius 1 is 1.16 bits per heavy atom. The topological polar surface area (TPSA) is 47.7 Å². The number of aryl methyl sites for hydroxylation is 2. The summed E-state index contributed by atoms with van der Waals surface area (Å²) in [6.45, 7) is 10.4. The maximum absolute atomic E-state index is 4.28. The van der Waals surface area contributed by atoms with Crippen molar-refractivity contribution < 1.29 is 0 Å². The number of hydrogen-bond acceptors (Lipinski definition) is 2. The van der Waals surface area contributed by atoms with E-state index in [0.717, 1.165) is 19.4 Å². The first-order valence-corrected chi connectivity index (χ1v) is 9.44. The second-order valence-corrected chi connectivity index (χ2v) is 8.62. The normalized spacial score (nSPS) is 18.4. The van der Waals surface area contributed by atoms with E-state index in [1.165, 1.54) is 51.1 Å². The Morgan fingerprint density at radius 3 is 2.80 bits per heavy atom. The number of fused-ring (bicyclic) bond motifs is 6. The second kappa shape index (κ2) is 4.90. The average Bonchev–Trinajstić information content (AvgIpc) is 3.19. The van der Waals surface area contributed by atoms with Gasteiger partial charge in [0.2, 0.25) is 0 Å². The van der Waals surface area contributed by atoms with Crippen LogP contribution >= 0.6 is 0 Å². The molecule has 0 amide bonds. The van der Waals surface area contributed by atoms with Crippen LogP contribution in [0.1, 0.15) is 50.8 Å². The summed E-state index contributed by atoms with van der Waals surface area (Å²) >= 11 is 0. The van der Waals surface area contributed by atoms with Crippen molar-refractivity contribution in [2.75, 3.05) is 11.4 Å². The first-order chi connectivity index (χ1) is 12.0. The molecule has 130 valence electrons. The molecule has 0 fully saturated rings. The third-order valence-corrected chi connectivity index (χ3v) is 6.09. The Bertz CT molecular complexity index is 973. The van der Waals surface area contributed by atoms with Crippen LogP contribution in [0.15, 0.2) is 18.3 Å². The van der Waals surface area contributed by atoms with Gasteiger partial charge in [0.15, 0.2) is 0 Å². The van der Waals surface area contributed by atoms with E-state index >= 15 is 0 Å². The maximum atomic E-state index is 4.28. The summed E-state index contributed by atoms with van der Waals surface area (Å²) in [5, 5.41) is 8.89. The summed E-state index contributed by atoms with van der Waals surface area (Å²) in [6.07, 6.45) is 5.40. The zero-order chi connectivity index (χ0) is 17.3. The Kier molecular flexibility index (Phi) is 2.95. The van der Waals surface area contributed by atoms with E-state index < -0.39 is 0 Å². The molecule has 0 bridgehead atoms. The second-order valence-electron chi connectivity index (χ2n) is 8.62. The molecule has 1 aromatic carbocycles. The van der Waals surface area contributed by atoms with Crippen molar-refractivity contribution in [1.29, 1.82) is 0 Å². The molecular formula is C21H26N4. The third kappa shape index (κ3) is 2.03. The number of aromatic nitrogens is 3. The van der Waals surface area contributed by atoms with Crippen molar-refractivity contribution in [3.63, 3.8) is 0 Å². The first kappa shape index (κ1) is 15.1. The van der Waals surface area contributed by atoms with E-state index in [0.29, 0.717) is 6.04 Å². The van der Waals surface area contributed by atoms with Gasteiger partial charge in [-0.2, -0.15) is 5.10 Å². The molecule has 4 nitrogen and oxygen atoms in total. The van der Waals surface area contributed by atoms with Crippen LogP contribution in [0.3, 0.4) is 0 Å². The lowest BCUT2D eigenvalue weighted by Gasteiger charge is -2.26. The molecule has 0 saturated carbocycles. The zero-order valence-electron chi connectivity index (χ0n) is 15.5. The summed E-state index contributed by atoms with van der Waals surface area (Å²) in [6, 6.07) is 5.36. The molecule has 2 aliphatic rings. The van der Waals surface area contributed by atoms with Gasteiger partial charge in [-0.05, 0) is 61.9 Å². The fourth-order valence-electron chi connectivity index (χ4n) is 4.77. The molecule has 1 aliphatic carbocycles. The van der Waals surface area contributed by atoms with Gasteiger partial charge in [-0.15, -0.1) is 0 Å². The monoisotopic (exact) mass is 334 g/mol. The molecule has 3 aromatic rings.